The van der Waals surface area contributed by atoms with E-state index in [1.54, 1.807) is 6.92 Å². The molecule has 0 aliphatic heterocycles. The molecule has 0 radical (unpaired) electrons. The normalized spacial score (nSPS) is 10.9. The smallest absolute Gasteiger partial charge is 0.251 e. The molecule has 3 rings (SSSR count). The molecule has 0 saturated carbocycles. The molecule has 2 N–H and O–H groups in total. The first-order chi connectivity index (χ1) is 13.4. The van der Waals surface area contributed by atoms with E-state index in [2.05, 4.69) is 35.1 Å². The highest BCUT2D eigenvalue weighted by atomic mass is 16.1. The van der Waals surface area contributed by atoms with Gasteiger partial charge in [-0.3, -0.25) is 9.59 Å². The molecular formula is C23H27N3O2. The van der Waals surface area contributed by atoms with Crippen LogP contribution >= 0.6 is 0 Å². The van der Waals surface area contributed by atoms with Gasteiger partial charge in [0.25, 0.3) is 5.56 Å². The lowest BCUT2D eigenvalue weighted by Gasteiger charge is -2.22. The maximum absolute atomic E-state index is 12.5. The molecule has 2 aromatic carbocycles. The van der Waals surface area contributed by atoms with Gasteiger partial charge in [0, 0.05) is 35.5 Å². The summed E-state index contributed by atoms with van der Waals surface area (Å²) in [7, 11) is 0. The van der Waals surface area contributed by atoms with E-state index >= 15 is 0 Å². The molecule has 0 fully saturated rings. The number of aromatic amines is 1. The molecule has 3 aromatic rings. The number of anilines is 2. The highest BCUT2D eigenvalue weighted by Gasteiger charge is 2.09. The average molecular weight is 377 g/mol. The minimum atomic E-state index is -0.0818. The summed E-state index contributed by atoms with van der Waals surface area (Å²) in [5, 5.41) is 3.95. The number of hydrogen-bond acceptors (Lipinski definition) is 3. The van der Waals surface area contributed by atoms with Gasteiger partial charge in [0.1, 0.15) is 0 Å². The number of nitrogens with zero attached hydrogens (tertiary/aromatic N) is 1. The van der Waals surface area contributed by atoms with Crippen molar-refractivity contribution in [2.24, 2.45) is 0 Å². The first-order valence-corrected chi connectivity index (χ1v) is 9.69. The largest absolute Gasteiger partial charge is 0.372 e. The molecule has 0 aliphatic carbocycles. The van der Waals surface area contributed by atoms with Crippen molar-refractivity contribution in [2.75, 3.05) is 23.3 Å². The van der Waals surface area contributed by atoms with Crippen molar-refractivity contribution in [3.63, 3.8) is 0 Å². The van der Waals surface area contributed by atoms with Crippen LogP contribution in [0.2, 0.25) is 0 Å². The van der Waals surface area contributed by atoms with Gasteiger partial charge >= 0.3 is 0 Å². The quantitative estimate of drug-likeness (QED) is 0.677. The highest BCUT2D eigenvalue weighted by Crippen LogP contribution is 2.23. The van der Waals surface area contributed by atoms with E-state index in [9.17, 15) is 9.59 Å². The highest BCUT2D eigenvalue weighted by molar-refractivity contribution is 5.94. The van der Waals surface area contributed by atoms with Crippen LogP contribution in [0.1, 0.15) is 30.5 Å². The molecule has 0 saturated heterocycles. The van der Waals surface area contributed by atoms with Crippen molar-refractivity contribution in [3.05, 3.63) is 69.5 Å². The Hall–Kier alpha value is -3.08. The van der Waals surface area contributed by atoms with Gasteiger partial charge in [0.05, 0.1) is 6.42 Å². The fourth-order valence-corrected chi connectivity index (χ4v) is 3.43. The van der Waals surface area contributed by atoms with Gasteiger partial charge in [0.2, 0.25) is 5.91 Å². The second kappa shape index (κ2) is 8.30. The number of pyridine rings is 1. The number of rotatable bonds is 6. The van der Waals surface area contributed by atoms with Gasteiger partial charge in [0.15, 0.2) is 0 Å². The zero-order chi connectivity index (χ0) is 20.3. The fourth-order valence-electron chi connectivity index (χ4n) is 3.43. The van der Waals surface area contributed by atoms with E-state index in [0.29, 0.717) is 5.56 Å². The van der Waals surface area contributed by atoms with Crippen molar-refractivity contribution in [1.29, 1.82) is 0 Å². The molecule has 0 atom stereocenters. The molecule has 0 bridgehead atoms. The Bertz CT molecular complexity index is 1070. The summed E-state index contributed by atoms with van der Waals surface area (Å²) >= 11 is 0. The third-order valence-corrected chi connectivity index (χ3v) is 5.07. The minimum Gasteiger partial charge on any atom is -0.372 e. The van der Waals surface area contributed by atoms with Crippen LogP contribution in [0.4, 0.5) is 11.4 Å². The number of fused-ring (bicyclic) bond motifs is 1. The summed E-state index contributed by atoms with van der Waals surface area (Å²) in [5.41, 5.74) is 5.32. The standard InChI is InChI=1S/C23H27N3O2/c1-5-26(6-2)19-8-10-20(15(3)12-19)24-22(27)14-17-7-9-21-18(13-17)11-16(4)23(28)25-21/h7-13H,5-6,14H2,1-4H3,(H,24,27)(H,25,28). The number of aromatic nitrogens is 1. The fraction of sp³-hybridized carbons (Fsp3) is 0.304. The molecule has 146 valence electrons. The number of H-pyrrole nitrogens is 1. The van der Waals surface area contributed by atoms with Gasteiger partial charge in [-0.15, -0.1) is 0 Å². The molecule has 1 amide bonds. The van der Waals surface area contributed by atoms with Gasteiger partial charge < -0.3 is 15.2 Å². The average Bonchev–Trinajstić information content (AvgIpc) is 2.66. The predicted molar refractivity (Wildman–Crippen MR) is 116 cm³/mol. The number of carbonyl (C=O) groups is 1. The van der Waals surface area contributed by atoms with Crippen molar-refractivity contribution < 1.29 is 4.79 Å². The van der Waals surface area contributed by atoms with E-state index in [0.717, 1.165) is 40.8 Å². The summed E-state index contributed by atoms with van der Waals surface area (Å²) in [4.78, 5) is 29.4. The van der Waals surface area contributed by atoms with Gasteiger partial charge in [-0.25, -0.2) is 0 Å². The van der Waals surface area contributed by atoms with Crippen LogP contribution in [-0.2, 0) is 11.2 Å². The zero-order valence-electron chi connectivity index (χ0n) is 16.9. The number of nitrogens with one attached hydrogen (secondary N) is 2. The summed E-state index contributed by atoms with van der Waals surface area (Å²) in [6.45, 7) is 9.97. The van der Waals surface area contributed by atoms with Crippen molar-refractivity contribution in [3.8, 4) is 0 Å². The lowest BCUT2D eigenvalue weighted by Crippen LogP contribution is -2.22. The van der Waals surface area contributed by atoms with Crippen LogP contribution < -0.4 is 15.8 Å². The molecule has 5 nitrogen and oxygen atoms in total. The lowest BCUT2D eigenvalue weighted by atomic mass is 10.1. The van der Waals surface area contributed by atoms with Crippen LogP contribution in [0.3, 0.4) is 0 Å². The van der Waals surface area contributed by atoms with Crippen LogP contribution in [0, 0.1) is 13.8 Å². The van der Waals surface area contributed by atoms with Crippen molar-refractivity contribution >= 4 is 28.2 Å². The van der Waals surface area contributed by atoms with Crippen LogP contribution in [0.15, 0.2) is 47.3 Å². The molecular weight excluding hydrogens is 350 g/mol. The van der Waals surface area contributed by atoms with Gasteiger partial charge in [-0.05, 0) is 80.6 Å². The minimum absolute atomic E-state index is 0.0563. The Labute approximate surface area is 165 Å². The molecule has 0 spiro atoms. The van der Waals surface area contributed by atoms with Crippen LogP contribution in [0.25, 0.3) is 10.9 Å². The number of benzene rings is 2. The van der Waals surface area contributed by atoms with E-state index in [-0.39, 0.29) is 17.9 Å². The Morgan fingerprint density at radius 3 is 2.43 bits per heavy atom. The Morgan fingerprint density at radius 1 is 1.00 bits per heavy atom. The SMILES string of the molecule is CCN(CC)c1ccc(NC(=O)Cc2ccc3[nH]c(=O)c(C)cc3c2)c(C)c1. The Kier molecular flexibility index (Phi) is 5.83. The third-order valence-electron chi connectivity index (χ3n) is 5.07. The van der Waals surface area contributed by atoms with Crippen molar-refractivity contribution in [2.45, 2.75) is 34.1 Å². The van der Waals surface area contributed by atoms with E-state index < -0.39 is 0 Å². The summed E-state index contributed by atoms with van der Waals surface area (Å²) in [6, 6.07) is 13.7. The van der Waals surface area contributed by atoms with E-state index in [4.69, 9.17) is 0 Å². The van der Waals surface area contributed by atoms with E-state index in [1.165, 1.54) is 5.69 Å². The number of aryl methyl sites for hydroxylation is 2. The maximum Gasteiger partial charge on any atom is 0.251 e. The van der Waals surface area contributed by atoms with Crippen LogP contribution in [-0.4, -0.2) is 24.0 Å². The van der Waals surface area contributed by atoms with Crippen molar-refractivity contribution in [1.82, 2.24) is 4.98 Å². The van der Waals surface area contributed by atoms with E-state index in [1.807, 2.05) is 43.3 Å². The third kappa shape index (κ3) is 4.25. The van der Waals surface area contributed by atoms with Crippen LogP contribution in [0.5, 0.6) is 0 Å². The Morgan fingerprint density at radius 2 is 1.75 bits per heavy atom. The molecule has 1 heterocycles. The topological polar surface area (TPSA) is 65.2 Å². The number of hydrogen-bond donors (Lipinski definition) is 2. The molecule has 28 heavy (non-hydrogen) atoms. The Balaban J connectivity index is 1.74. The molecule has 5 heteroatoms. The first-order valence-electron chi connectivity index (χ1n) is 9.69. The van der Waals surface area contributed by atoms with Gasteiger partial charge in [-0.1, -0.05) is 6.07 Å². The second-order valence-electron chi connectivity index (χ2n) is 7.10. The maximum atomic E-state index is 12.5. The lowest BCUT2D eigenvalue weighted by molar-refractivity contribution is -0.115. The monoisotopic (exact) mass is 377 g/mol. The zero-order valence-corrected chi connectivity index (χ0v) is 16.9. The van der Waals surface area contributed by atoms with Gasteiger partial charge in [-0.2, -0.15) is 0 Å². The first kappa shape index (κ1) is 19.7. The molecule has 0 unspecified atom stereocenters. The summed E-state index contributed by atoms with van der Waals surface area (Å²) < 4.78 is 0. The summed E-state index contributed by atoms with van der Waals surface area (Å²) in [5.74, 6) is -0.0563. The molecule has 0 aliphatic rings. The molecule has 1 aromatic heterocycles. The summed E-state index contributed by atoms with van der Waals surface area (Å²) in [6.07, 6.45) is 0.283. The number of amides is 1. The number of carbonyl (C=O) groups excluding carboxylic acids is 1. The second-order valence-corrected chi connectivity index (χ2v) is 7.10. The predicted octanol–water partition coefficient (Wildman–Crippen LogP) is 4.17.